The fourth-order valence-corrected chi connectivity index (χ4v) is 0.366. The standard InChI is InChI=1S/C3H4O2.Pb/c1-2-3(4)5;/h2H,1H2,(H,4,5);/q;+1/p-1. The molecule has 0 atom stereocenters. The van der Waals surface area contributed by atoms with Crippen LogP contribution in [0.1, 0.15) is 0 Å². The van der Waals surface area contributed by atoms with E-state index in [0.29, 0.717) is 26.2 Å². The number of rotatable bonds is 1. The Labute approximate surface area is 52.5 Å². The number of carbonyl (C=O) groups excluding carboxylic acids is 1. The SMILES string of the molecule is C=CC(=O)[O][Pb]. The van der Waals surface area contributed by atoms with E-state index in [0.717, 1.165) is 6.08 Å². The molecule has 0 rings (SSSR count). The number of hydrogen-bond acceptors (Lipinski definition) is 2. The first kappa shape index (κ1) is 6.13. The van der Waals surface area contributed by atoms with Crippen LogP contribution in [0.15, 0.2) is 12.7 Å². The van der Waals surface area contributed by atoms with Gasteiger partial charge in [0.15, 0.2) is 0 Å². The van der Waals surface area contributed by atoms with Crippen LogP contribution in [0.5, 0.6) is 0 Å². The normalized spacial score (nSPS) is 6.83. The van der Waals surface area contributed by atoms with Crippen LogP contribution < -0.4 is 0 Å². The van der Waals surface area contributed by atoms with Crippen LogP contribution in [-0.4, -0.2) is 32.2 Å². The second kappa shape index (κ2) is 3.33. The number of hydrogen-bond donors (Lipinski definition) is 0. The maximum atomic E-state index is 9.88. The molecule has 0 aliphatic rings. The van der Waals surface area contributed by atoms with E-state index in [-0.39, 0.29) is 5.97 Å². The first-order valence-electron chi connectivity index (χ1n) is 1.31. The van der Waals surface area contributed by atoms with Crippen molar-refractivity contribution in [2.75, 3.05) is 0 Å². The Balaban J connectivity index is 3.23. The minimum atomic E-state index is -0.332. The maximum absolute atomic E-state index is 9.88. The summed E-state index contributed by atoms with van der Waals surface area (Å²) in [4.78, 5) is 9.88. The molecule has 0 spiro atoms. The zero-order valence-electron chi connectivity index (χ0n) is 3.10. The third kappa shape index (κ3) is 2.37. The van der Waals surface area contributed by atoms with Crippen LogP contribution in [0.2, 0.25) is 0 Å². The summed E-state index contributed by atoms with van der Waals surface area (Å²) in [5.41, 5.74) is 0. The third-order valence-corrected chi connectivity index (χ3v) is 1.05. The van der Waals surface area contributed by atoms with Crippen LogP contribution in [-0.2, 0) is 7.48 Å². The molecule has 0 aromatic carbocycles. The van der Waals surface area contributed by atoms with Gasteiger partial charge in [0.1, 0.15) is 0 Å². The van der Waals surface area contributed by atoms with Gasteiger partial charge in [0.25, 0.3) is 0 Å². The summed E-state index contributed by atoms with van der Waals surface area (Å²) >= 11 is 0.462. The Morgan fingerprint density at radius 1 is 2.00 bits per heavy atom. The predicted octanol–water partition coefficient (Wildman–Crippen LogP) is -0.201. The van der Waals surface area contributed by atoms with Crippen molar-refractivity contribution >= 4 is 32.2 Å². The molecule has 0 aliphatic carbocycles. The second-order valence-corrected chi connectivity index (χ2v) is 1.42. The zero-order chi connectivity index (χ0) is 4.99. The Kier molecular flexibility index (Phi) is 3.40. The van der Waals surface area contributed by atoms with Crippen LogP contribution in [0.4, 0.5) is 0 Å². The van der Waals surface area contributed by atoms with Gasteiger partial charge in [-0.1, -0.05) is 0 Å². The van der Waals surface area contributed by atoms with E-state index < -0.39 is 0 Å². The molecule has 31 valence electrons. The van der Waals surface area contributed by atoms with E-state index in [4.69, 9.17) is 0 Å². The molecule has 0 unspecified atom stereocenters. The van der Waals surface area contributed by atoms with Crippen molar-refractivity contribution < 1.29 is 7.48 Å². The van der Waals surface area contributed by atoms with Crippen LogP contribution in [0, 0.1) is 0 Å². The Morgan fingerprint density at radius 2 is 2.50 bits per heavy atom. The molecule has 0 aromatic rings. The molecule has 6 heavy (non-hydrogen) atoms. The molecule has 0 fully saturated rings. The van der Waals surface area contributed by atoms with Crippen molar-refractivity contribution in [2.45, 2.75) is 0 Å². The van der Waals surface area contributed by atoms with E-state index >= 15 is 0 Å². The van der Waals surface area contributed by atoms with E-state index in [1.54, 1.807) is 0 Å². The first-order chi connectivity index (χ1) is 2.81. The van der Waals surface area contributed by atoms with Crippen LogP contribution in [0.25, 0.3) is 0 Å². The van der Waals surface area contributed by atoms with Crippen molar-refractivity contribution in [3.8, 4) is 0 Å². The molecule has 0 amide bonds. The van der Waals surface area contributed by atoms with E-state index in [1.165, 1.54) is 0 Å². The molecule has 0 saturated carbocycles. The molecule has 0 heterocycles. The van der Waals surface area contributed by atoms with Gasteiger partial charge in [-0.05, 0) is 0 Å². The van der Waals surface area contributed by atoms with Gasteiger partial charge in [0, 0.05) is 0 Å². The average molecular weight is 278 g/mol. The summed E-state index contributed by atoms with van der Waals surface area (Å²) in [6.07, 6.45) is 1.15. The van der Waals surface area contributed by atoms with Gasteiger partial charge in [-0.25, -0.2) is 0 Å². The van der Waals surface area contributed by atoms with E-state index in [2.05, 4.69) is 9.27 Å². The minimum absolute atomic E-state index is 0.332. The second-order valence-electron chi connectivity index (χ2n) is 0.625. The van der Waals surface area contributed by atoms with Crippen LogP contribution in [0.3, 0.4) is 0 Å². The molecular weight excluding hydrogens is 275 g/mol. The number of carbonyl (C=O) groups is 1. The van der Waals surface area contributed by atoms with Gasteiger partial charge in [0.2, 0.25) is 0 Å². The summed E-state index contributed by atoms with van der Waals surface area (Å²) in [6.45, 7) is 3.18. The van der Waals surface area contributed by atoms with Gasteiger partial charge < -0.3 is 0 Å². The molecule has 0 aliphatic heterocycles. The molecule has 0 N–H and O–H groups in total. The summed E-state index contributed by atoms with van der Waals surface area (Å²) in [5.74, 6) is -0.332. The van der Waals surface area contributed by atoms with E-state index in [1.807, 2.05) is 0 Å². The molecular formula is C3H3O2Pb. The molecule has 0 saturated heterocycles. The Morgan fingerprint density at radius 3 is 2.50 bits per heavy atom. The zero-order valence-corrected chi connectivity index (χ0v) is 6.99. The van der Waals surface area contributed by atoms with Crippen molar-refractivity contribution in [3.63, 3.8) is 0 Å². The van der Waals surface area contributed by atoms with Gasteiger partial charge in [-0.3, -0.25) is 0 Å². The fraction of sp³-hybridized carbons (Fsp3) is 0. The average Bonchev–Trinajstić information content (AvgIpc) is 1.65. The van der Waals surface area contributed by atoms with Crippen LogP contribution >= 0.6 is 0 Å². The van der Waals surface area contributed by atoms with Gasteiger partial charge in [-0.15, -0.1) is 0 Å². The monoisotopic (exact) mass is 279 g/mol. The van der Waals surface area contributed by atoms with Crippen molar-refractivity contribution in [1.29, 1.82) is 0 Å². The summed E-state index contributed by atoms with van der Waals surface area (Å²) < 4.78 is 4.28. The van der Waals surface area contributed by atoms with Gasteiger partial charge >= 0.3 is 52.3 Å². The van der Waals surface area contributed by atoms with E-state index in [9.17, 15) is 4.79 Å². The van der Waals surface area contributed by atoms with Crippen molar-refractivity contribution in [1.82, 2.24) is 0 Å². The fourth-order valence-electron chi connectivity index (χ4n) is 0.0417. The predicted molar refractivity (Wildman–Crippen MR) is 22.0 cm³/mol. The molecule has 3 radical (unpaired) electrons. The first-order valence-corrected chi connectivity index (χ1v) is 2.90. The topological polar surface area (TPSA) is 26.3 Å². The van der Waals surface area contributed by atoms with Gasteiger partial charge in [-0.2, -0.15) is 0 Å². The van der Waals surface area contributed by atoms with Crippen molar-refractivity contribution in [3.05, 3.63) is 12.7 Å². The molecule has 2 nitrogen and oxygen atoms in total. The molecule has 0 aromatic heterocycles. The Hall–Kier alpha value is 0.132. The molecule has 3 heteroatoms. The Bertz CT molecular complexity index is 69.2. The van der Waals surface area contributed by atoms with Gasteiger partial charge in [0.05, 0.1) is 0 Å². The quantitative estimate of drug-likeness (QED) is 0.490. The van der Waals surface area contributed by atoms with Crippen molar-refractivity contribution in [2.24, 2.45) is 0 Å². The molecule has 0 bridgehead atoms. The summed E-state index contributed by atoms with van der Waals surface area (Å²) in [6, 6.07) is 0. The third-order valence-electron chi connectivity index (χ3n) is 0.267. The summed E-state index contributed by atoms with van der Waals surface area (Å²) in [5, 5.41) is 0. The summed E-state index contributed by atoms with van der Waals surface area (Å²) in [7, 11) is 0.